The second-order valence-electron chi connectivity index (χ2n) is 6.56. The molecule has 1 fully saturated rings. The summed E-state index contributed by atoms with van der Waals surface area (Å²) in [5, 5.41) is 3.44. The largest absolute Gasteiger partial charge is 0.469 e. The molecule has 0 radical (unpaired) electrons. The summed E-state index contributed by atoms with van der Waals surface area (Å²) >= 11 is 0. The third-order valence-electron chi connectivity index (χ3n) is 4.83. The molecule has 108 valence electrons. The Bertz CT molecular complexity index is 373. The lowest BCUT2D eigenvalue weighted by atomic mass is 9.68. The van der Waals surface area contributed by atoms with E-state index in [-0.39, 0.29) is 5.60 Å². The summed E-state index contributed by atoms with van der Waals surface area (Å²) in [5.74, 6) is 1.03. The fraction of sp³-hybridized carbons (Fsp3) is 0.750. The molecule has 2 rings (SSSR count). The van der Waals surface area contributed by atoms with Gasteiger partial charge in [0.05, 0.1) is 11.9 Å². The Morgan fingerprint density at radius 1 is 1.32 bits per heavy atom. The highest BCUT2D eigenvalue weighted by Crippen LogP contribution is 2.43. The van der Waals surface area contributed by atoms with Gasteiger partial charge in [0.25, 0.3) is 0 Å². The van der Waals surface area contributed by atoms with Crippen LogP contribution in [0, 0.1) is 5.41 Å². The van der Waals surface area contributed by atoms with E-state index in [1.54, 1.807) is 6.26 Å². The molecule has 3 heteroatoms. The molecule has 1 aromatic rings. The summed E-state index contributed by atoms with van der Waals surface area (Å²) in [6, 6.07) is 4.30. The van der Waals surface area contributed by atoms with Crippen LogP contribution in [0.4, 0.5) is 0 Å². The standard InChI is InChI=1S/C16H27NO2/c1-15(2)7-9-16(18-4,10-8-15)14(17-3)12-13-6-5-11-19-13/h5-6,11,14,17H,7-10,12H2,1-4H3. The van der Waals surface area contributed by atoms with E-state index in [1.807, 2.05) is 26.3 Å². The minimum Gasteiger partial charge on any atom is -0.469 e. The van der Waals surface area contributed by atoms with Gasteiger partial charge in [-0.2, -0.15) is 0 Å². The summed E-state index contributed by atoms with van der Waals surface area (Å²) in [6.07, 6.45) is 7.29. The van der Waals surface area contributed by atoms with Gasteiger partial charge in [-0.3, -0.25) is 0 Å². The molecule has 0 bridgehead atoms. The molecule has 1 aliphatic rings. The molecular formula is C16H27NO2. The highest BCUT2D eigenvalue weighted by molar-refractivity contribution is 5.06. The summed E-state index contributed by atoms with van der Waals surface area (Å²) in [6.45, 7) is 4.71. The maximum atomic E-state index is 5.97. The maximum absolute atomic E-state index is 5.97. The van der Waals surface area contributed by atoms with Gasteiger partial charge in [-0.15, -0.1) is 0 Å². The number of hydrogen-bond acceptors (Lipinski definition) is 3. The van der Waals surface area contributed by atoms with Crippen molar-refractivity contribution in [2.24, 2.45) is 5.41 Å². The average molecular weight is 265 g/mol. The van der Waals surface area contributed by atoms with Gasteiger partial charge in [-0.05, 0) is 50.3 Å². The molecule has 1 N–H and O–H groups in total. The van der Waals surface area contributed by atoms with Gasteiger partial charge < -0.3 is 14.5 Å². The van der Waals surface area contributed by atoms with Crippen molar-refractivity contribution >= 4 is 0 Å². The number of furan rings is 1. The van der Waals surface area contributed by atoms with E-state index in [0.29, 0.717) is 11.5 Å². The number of rotatable bonds is 5. The molecule has 19 heavy (non-hydrogen) atoms. The molecule has 1 aromatic heterocycles. The van der Waals surface area contributed by atoms with Crippen molar-refractivity contribution in [1.82, 2.24) is 5.32 Å². The lowest BCUT2D eigenvalue weighted by Gasteiger charge is -2.46. The third kappa shape index (κ3) is 3.21. The van der Waals surface area contributed by atoms with Crippen LogP contribution in [-0.4, -0.2) is 25.8 Å². The van der Waals surface area contributed by atoms with Crippen molar-refractivity contribution in [3.05, 3.63) is 24.2 Å². The molecule has 1 heterocycles. The Morgan fingerprint density at radius 2 is 2.00 bits per heavy atom. The summed E-state index contributed by atoms with van der Waals surface area (Å²) < 4.78 is 11.5. The molecule has 0 aliphatic heterocycles. The molecule has 0 aromatic carbocycles. The van der Waals surface area contributed by atoms with E-state index >= 15 is 0 Å². The zero-order chi connectivity index (χ0) is 13.9. The van der Waals surface area contributed by atoms with E-state index in [1.165, 1.54) is 12.8 Å². The molecule has 3 nitrogen and oxygen atoms in total. The Labute approximate surface area is 116 Å². The van der Waals surface area contributed by atoms with Crippen LogP contribution in [0.5, 0.6) is 0 Å². The van der Waals surface area contributed by atoms with Gasteiger partial charge in [-0.1, -0.05) is 13.8 Å². The van der Waals surface area contributed by atoms with E-state index < -0.39 is 0 Å². The molecule has 0 amide bonds. The van der Waals surface area contributed by atoms with Crippen molar-refractivity contribution in [3.8, 4) is 0 Å². The Morgan fingerprint density at radius 3 is 2.47 bits per heavy atom. The monoisotopic (exact) mass is 265 g/mol. The molecule has 0 saturated heterocycles. The number of ether oxygens (including phenoxy) is 1. The van der Waals surface area contributed by atoms with Gasteiger partial charge in [0, 0.05) is 19.6 Å². The number of methoxy groups -OCH3 is 1. The summed E-state index contributed by atoms with van der Waals surface area (Å²) in [7, 11) is 3.87. The normalized spacial score (nSPS) is 23.2. The highest BCUT2D eigenvalue weighted by Gasteiger charge is 2.43. The fourth-order valence-electron chi connectivity index (χ4n) is 3.23. The first-order chi connectivity index (χ1) is 9.01. The van der Waals surface area contributed by atoms with Crippen LogP contribution < -0.4 is 5.32 Å². The minimum absolute atomic E-state index is 0.0585. The molecule has 0 spiro atoms. The van der Waals surface area contributed by atoms with E-state index in [4.69, 9.17) is 9.15 Å². The predicted octanol–water partition coefficient (Wildman–Crippen LogP) is 3.40. The van der Waals surface area contributed by atoms with E-state index in [9.17, 15) is 0 Å². The van der Waals surface area contributed by atoms with E-state index in [2.05, 4.69) is 19.2 Å². The van der Waals surface area contributed by atoms with Gasteiger partial charge in [0.1, 0.15) is 5.76 Å². The van der Waals surface area contributed by atoms with Gasteiger partial charge >= 0.3 is 0 Å². The Kier molecular flexibility index (Phi) is 4.36. The van der Waals surface area contributed by atoms with Crippen molar-refractivity contribution < 1.29 is 9.15 Å². The highest BCUT2D eigenvalue weighted by atomic mass is 16.5. The summed E-state index contributed by atoms with van der Waals surface area (Å²) in [4.78, 5) is 0. The zero-order valence-electron chi connectivity index (χ0n) is 12.7. The molecule has 1 aliphatic carbocycles. The van der Waals surface area contributed by atoms with Crippen molar-refractivity contribution in [1.29, 1.82) is 0 Å². The maximum Gasteiger partial charge on any atom is 0.105 e. The van der Waals surface area contributed by atoms with Crippen LogP contribution in [0.2, 0.25) is 0 Å². The second kappa shape index (κ2) is 5.68. The van der Waals surface area contributed by atoms with E-state index in [0.717, 1.165) is 25.0 Å². The van der Waals surface area contributed by atoms with Gasteiger partial charge in [-0.25, -0.2) is 0 Å². The molecular weight excluding hydrogens is 238 g/mol. The third-order valence-corrected chi connectivity index (χ3v) is 4.83. The Balaban J connectivity index is 2.10. The van der Waals surface area contributed by atoms with Crippen molar-refractivity contribution in [2.75, 3.05) is 14.2 Å². The topological polar surface area (TPSA) is 34.4 Å². The van der Waals surface area contributed by atoms with Crippen LogP contribution in [0.25, 0.3) is 0 Å². The number of nitrogens with one attached hydrogen (secondary N) is 1. The van der Waals surface area contributed by atoms with Crippen LogP contribution in [-0.2, 0) is 11.2 Å². The van der Waals surface area contributed by atoms with Crippen LogP contribution in [0.3, 0.4) is 0 Å². The van der Waals surface area contributed by atoms with Crippen molar-refractivity contribution in [3.63, 3.8) is 0 Å². The number of hydrogen-bond donors (Lipinski definition) is 1. The SMILES string of the molecule is CNC(Cc1ccco1)C1(OC)CCC(C)(C)CC1. The van der Waals surface area contributed by atoms with Gasteiger partial charge in [0.2, 0.25) is 0 Å². The van der Waals surface area contributed by atoms with Crippen LogP contribution in [0.1, 0.15) is 45.3 Å². The lowest BCUT2D eigenvalue weighted by molar-refractivity contribution is -0.0855. The summed E-state index contributed by atoms with van der Waals surface area (Å²) in [5.41, 5.74) is 0.391. The first-order valence-corrected chi connectivity index (χ1v) is 7.26. The first kappa shape index (κ1) is 14.6. The molecule has 1 unspecified atom stereocenters. The predicted molar refractivity (Wildman–Crippen MR) is 77.2 cm³/mol. The zero-order valence-corrected chi connectivity index (χ0v) is 12.7. The van der Waals surface area contributed by atoms with Gasteiger partial charge in [0.15, 0.2) is 0 Å². The smallest absolute Gasteiger partial charge is 0.105 e. The number of likely N-dealkylation sites (N-methyl/N-ethyl adjacent to an activating group) is 1. The second-order valence-corrected chi connectivity index (χ2v) is 6.56. The first-order valence-electron chi connectivity index (χ1n) is 7.26. The quantitative estimate of drug-likeness (QED) is 0.886. The Hall–Kier alpha value is -0.800. The van der Waals surface area contributed by atoms with Crippen molar-refractivity contribution in [2.45, 2.75) is 57.6 Å². The minimum atomic E-state index is -0.0585. The van der Waals surface area contributed by atoms with Crippen LogP contribution in [0.15, 0.2) is 22.8 Å². The fourth-order valence-corrected chi connectivity index (χ4v) is 3.23. The van der Waals surface area contributed by atoms with Crippen LogP contribution >= 0.6 is 0 Å². The molecule has 1 saturated carbocycles. The molecule has 1 atom stereocenters. The average Bonchev–Trinajstić information content (AvgIpc) is 2.90. The lowest BCUT2D eigenvalue weighted by Crippen LogP contribution is -2.54.